The molecule has 4 nitrogen and oxygen atoms in total. The second-order valence-electron chi connectivity index (χ2n) is 2.88. The van der Waals surface area contributed by atoms with Crippen LogP contribution in [0.25, 0.3) is 0 Å². The monoisotopic (exact) mass is 168 g/mol. The molecule has 0 spiro atoms. The molecule has 4 heteroatoms. The number of ether oxygens (including phenoxy) is 1. The molecule has 0 aromatic heterocycles. The highest BCUT2D eigenvalue weighted by molar-refractivity contribution is 5.86. The Morgan fingerprint density at radius 1 is 1.83 bits per heavy atom. The predicted octanol–water partition coefficient (Wildman–Crippen LogP) is 0.235. The van der Waals surface area contributed by atoms with Gasteiger partial charge in [-0.15, -0.1) is 0 Å². The van der Waals surface area contributed by atoms with Crippen LogP contribution in [0.1, 0.15) is 13.3 Å². The highest BCUT2D eigenvalue weighted by Gasteiger charge is 2.35. The number of nitrogens with zero attached hydrogens (tertiary/aromatic N) is 1. The summed E-state index contributed by atoms with van der Waals surface area (Å²) in [6, 6.07) is 0. The third-order valence-corrected chi connectivity index (χ3v) is 1.75. The van der Waals surface area contributed by atoms with Crippen molar-refractivity contribution in [3.05, 3.63) is 11.6 Å². The van der Waals surface area contributed by atoms with Gasteiger partial charge in [-0.3, -0.25) is 10.7 Å². The minimum Gasteiger partial charge on any atom is -0.466 e. The van der Waals surface area contributed by atoms with E-state index >= 15 is 0 Å². The van der Waals surface area contributed by atoms with Crippen molar-refractivity contribution in [1.82, 2.24) is 0 Å². The Balaban J connectivity index is 2.82. The SMILES string of the molecule is COC(=O)C1(N)CC(C)=CC=N1. The molecule has 1 aliphatic rings. The molecule has 0 aliphatic carbocycles. The molecule has 1 atom stereocenters. The van der Waals surface area contributed by atoms with Crippen LogP contribution >= 0.6 is 0 Å². The first kappa shape index (κ1) is 8.93. The molecule has 1 aliphatic heterocycles. The van der Waals surface area contributed by atoms with E-state index in [0.717, 1.165) is 5.57 Å². The number of rotatable bonds is 1. The van der Waals surface area contributed by atoms with E-state index < -0.39 is 11.6 Å². The number of carbonyl (C=O) groups is 1. The molecule has 0 amide bonds. The number of dihydropyridines is 1. The summed E-state index contributed by atoms with van der Waals surface area (Å²) in [6.07, 6.45) is 3.79. The third kappa shape index (κ3) is 1.53. The Bertz CT molecular complexity index is 258. The maximum atomic E-state index is 11.1. The summed E-state index contributed by atoms with van der Waals surface area (Å²) < 4.78 is 4.54. The van der Waals surface area contributed by atoms with Gasteiger partial charge >= 0.3 is 5.97 Å². The highest BCUT2D eigenvalue weighted by atomic mass is 16.5. The van der Waals surface area contributed by atoms with Crippen LogP contribution in [0.15, 0.2) is 16.6 Å². The zero-order chi connectivity index (χ0) is 9.19. The van der Waals surface area contributed by atoms with Crippen LogP contribution in [0.5, 0.6) is 0 Å². The molecule has 0 aromatic carbocycles. The fraction of sp³-hybridized carbons (Fsp3) is 0.500. The summed E-state index contributed by atoms with van der Waals surface area (Å²) in [4.78, 5) is 15.0. The van der Waals surface area contributed by atoms with Crippen molar-refractivity contribution < 1.29 is 9.53 Å². The topological polar surface area (TPSA) is 64.7 Å². The Kier molecular flexibility index (Phi) is 2.28. The lowest BCUT2D eigenvalue weighted by Gasteiger charge is -2.24. The fourth-order valence-corrected chi connectivity index (χ4v) is 1.13. The van der Waals surface area contributed by atoms with Crippen molar-refractivity contribution in [2.45, 2.75) is 19.0 Å². The molecule has 12 heavy (non-hydrogen) atoms. The van der Waals surface area contributed by atoms with Gasteiger partial charge in [0.2, 0.25) is 5.66 Å². The van der Waals surface area contributed by atoms with Crippen LogP contribution in [0, 0.1) is 0 Å². The summed E-state index contributed by atoms with van der Waals surface area (Å²) in [6.45, 7) is 1.90. The molecule has 1 heterocycles. The molecule has 0 bridgehead atoms. The van der Waals surface area contributed by atoms with Gasteiger partial charge in [0, 0.05) is 12.6 Å². The lowest BCUT2D eigenvalue weighted by molar-refractivity contribution is -0.146. The quantitative estimate of drug-likeness (QED) is 0.570. The molecule has 0 radical (unpaired) electrons. The van der Waals surface area contributed by atoms with Gasteiger partial charge in [-0.25, -0.2) is 4.79 Å². The third-order valence-electron chi connectivity index (χ3n) is 1.75. The second kappa shape index (κ2) is 3.06. The van der Waals surface area contributed by atoms with Crippen molar-refractivity contribution in [1.29, 1.82) is 0 Å². The molecule has 0 saturated carbocycles. The lowest BCUT2D eigenvalue weighted by atomic mass is 10.00. The maximum Gasteiger partial charge on any atom is 0.348 e. The number of aliphatic imine (C=N–C) groups is 1. The molecule has 66 valence electrons. The number of allylic oxidation sites excluding steroid dienone is 1. The molecule has 0 aromatic rings. The van der Waals surface area contributed by atoms with E-state index in [1.807, 2.05) is 13.0 Å². The van der Waals surface area contributed by atoms with Crippen molar-refractivity contribution in [3.8, 4) is 0 Å². The number of carbonyl (C=O) groups excluding carboxylic acids is 1. The zero-order valence-electron chi connectivity index (χ0n) is 7.20. The minimum atomic E-state index is -1.20. The maximum absolute atomic E-state index is 11.1. The smallest absolute Gasteiger partial charge is 0.348 e. The first-order valence-corrected chi connectivity index (χ1v) is 3.67. The molecule has 0 fully saturated rings. The summed E-state index contributed by atoms with van der Waals surface area (Å²) in [5, 5.41) is 0. The normalized spacial score (nSPS) is 28.1. The second-order valence-corrected chi connectivity index (χ2v) is 2.88. The molecule has 2 N–H and O–H groups in total. The van der Waals surface area contributed by atoms with Crippen LogP contribution in [0.3, 0.4) is 0 Å². The van der Waals surface area contributed by atoms with Crippen molar-refractivity contribution in [2.24, 2.45) is 10.7 Å². The summed E-state index contributed by atoms with van der Waals surface area (Å²) in [7, 11) is 1.31. The van der Waals surface area contributed by atoms with Crippen LogP contribution < -0.4 is 5.73 Å². The number of esters is 1. The van der Waals surface area contributed by atoms with E-state index in [0.29, 0.717) is 6.42 Å². The number of methoxy groups -OCH3 is 1. The Morgan fingerprint density at radius 2 is 2.50 bits per heavy atom. The van der Waals surface area contributed by atoms with E-state index in [9.17, 15) is 4.79 Å². The Morgan fingerprint density at radius 3 is 3.00 bits per heavy atom. The zero-order valence-corrected chi connectivity index (χ0v) is 7.20. The highest BCUT2D eigenvalue weighted by Crippen LogP contribution is 2.19. The van der Waals surface area contributed by atoms with Gasteiger partial charge in [-0.1, -0.05) is 5.57 Å². The minimum absolute atomic E-state index is 0.427. The summed E-state index contributed by atoms with van der Waals surface area (Å²) in [5.41, 5.74) is 5.52. The summed E-state index contributed by atoms with van der Waals surface area (Å²) in [5.74, 6) is -0.494. The molecular weight excluding hydrogens is 156 g/mol. The van der Waals surface area contributed by atoms with Gasteiger partial charge in [-0.2, -0.15) is 0 Å². The predicted molar refractivity (Wildman–Crippen MR) is 45.8 cm³/mol. The van der Waals surface area contributed by atoms with Crippen LogP contribution in [-0.4, -0.2) is 25.0 Å². The van der Waals surface area contributed by atoms with Gasteiger partial charge in [-0.05, 0) is 13.0 Å². The van der Waals surface area contributed by atoms with E-state index in [2.05, 4.69) is 9.73 Å². The standard InChI is InChI=1S/C8H12N2O2/c1-6-3-4-10-8(9,5-6)7(11)12-2/h3-4H,5,9H2,1-2H3. The lowest BCUT2D eigenvalue weighted by Crippen LogP contribution is -2.48. The molecule has 1 unspecified atom stereocenters. The van der Waals surface area contributed by atoms with Gasteiger partial charge in [0.15, 0.2) is 0 Å². The van der Waals surface area contributed by atoms with Gasteiger partial charge < -0.3 is 4.74 Å². The number of hydrogen-bond donors (Lipinski definition) is 1. The van der Waals surface area contributed by atoms with E-state index in [4.69, 9.17) is 5.73 Å². The molecule has 1 rings (SSSR count). The number of hydrogen-bond acceptors (Lipinski definition) is 4. The average Bonchev–Trinajstić information content (AvgIpc) is 2.02. The molecule has 0 saturated heterocycles. The first-order valence-electron chi connectivity index (χ1n) is 3.67. The van der Waals surface area contributed by atoms with Crippen molar-refractivity contribution in [3.63, 3.8) is 0 Å². The van der Waals surface area contributed by atoms with E-state index in [1.54, 1.807) is 0 Å². The van der Waals surface area contributed by atoms with Crippen molar-refractivity contribution >= 4 is 12.2 Å². The average molecular weight is 168 g/mol. The largest absolute Gasteiger partial charge is 0.466 e. The Hall–Kier alpha value is -1.16. The van der Waals surface area contributed by atoms with Crippen LogP contribution in [-0.2, 0) is 9.53 Å². The van der Waals surface area contributed by atoms with Crippen LogP contribution in [0.4, 0.5) is 0 Å². The van der Waals surface area contributed by atoms with E-state index in [-0.39, 0.29) is 0 Å². The van der Waals surface area contributed by atoms with Crippen LogP contribution in [0.2, 0.25) is 0 Å². The number of nitrogens with two attached hydrogens (primary N) is 1. The summed E-state index contributed by atoms with van der Waals surface area (Å²) >= 11 is 0. The Labute approximate surface area is 71.1 Å². The van der Waals surface area contributed by atoms with Crippen molar-refractivity contribution in [2.75, 3.05) is 7.11 Å². The molecular formula is C8H12N2O2. The van der Waals surface area contributed by atoms with E-state index in [1.165, 1.54) is 13.3 Å². The van der Waals surface area contributed by atoms with Gasteiger partial charge in [0.25, 0.3) is 0 Å². The fourth-order valence-electron chi connectivity index (χ4n) is 1.13. The van der Waals surface area contributed by atoms with Gasteiger partial charge in [0.05, 0.1) is 7.11 Å². The van der Waals surface area contributed by atoms with Gasteiger partial charge in [0.1, 0.15) is 0 Å². The first-order chi connectivity index (χ1) is 5.58.